The molecule has 202 valence electrons. The van der Waals surface area contributed by atoms with Gasteiger partial charge in [-0.3, -0.25) is 0 Å². The smallest absolute Gasteiger partial charge is 0.0776 e. The SMILES string of the molecule is C.COCc1cccc(CN[C@@H](CN2CCC3(CC2)OCC2C=C(Cl)C=CC23)C(C)C)c1.O.O.O. The van der Waals surface area contributed by atoms with E-state index in [1.165, 1.54) is 11.1 Å². The van der Waals surface area contributed by atoms with E-state index in [-0.39, 0.29) is 29.5 Å². The zero-order valence-corrected chi connectivity index (χ0v) is 21.4. The molecule has 0 amide bonds. The van der Waals surface area contributed by atoms with Gasteiger partial charge in [-0.25, -0.2) is 0 Å². The molecule has 8 heteroatoms. The molecule has 35 heavy (non-hydrogen) atoms. The Balaban J connectivity index is 0.00000289. The van der Waals surface area contributed by atoms with E-state index >= 15 is 0 Å². The van der Waals surface area contributed by atoms with Gasteiger partial charge in [0, 0.05) is 56.2 Å². The number of piperidine rings is 1. The number of fused-ring (bicyclic) bond motifs is 2. The van der Waals surface area contributed by atoms with Gasteiger partial charge in [-0.1, -0.05) is 69.3 Å². The third kappa shape index (κ3) is 8.10. The lowest BCUT2D eigenvalue weighted by Gasteiger charge is -2.43. The Hall–Kier alpha value is -1.29. The van der Waals surface area contributed by atoms with Crippen LogP contribution < -0.4 is 5.32 Å². The highest BCUT2D eigenvalue weighted by Gasteiger charge is 2.50. The Morgan fingerprint density at radius 1 is 1.17 bits per heavy atom. The molecule has 7 N–H and O–H groups in total. The van der Waals surface area contributed by atoms with Crippen LogP contribution in [0.3, 0.4) is 0 Å². The fourth-order valence-electron chi connectivity index (χ4n) is 5.40. The van der Waals surface area contributed by atoms with E-state index in [9.17, 15) is 0 Å². The summed E-state index contributed by atoms with van der Waals surface area (Å²) in [5, 5.41) is 4.68. The average Bonchev–Trinajstić information content (AvgIpc) is 3.10. The van der Waals surface area contributed by atoms with Gasteiger partial charge < -0.3 is 36.1 Å². The summed E-state index contributed by atoms with van der Waals surface area (Å²) in [5.74, 6) is 1.51. The van der Waals surface area contributed by atoms with Gasteiger partial charge in [0.25, 0.3) is 0 Å². The molecular weight excluding hydrogens is 468 g/mol. The number of rotatable bonds is 8. The first-order valence-corrected chi connectivity index (χ1v) is 12.1. The molecule has 2 saturated heterocycles. The summed E-state index contributed by atoms with van der Waals surface area (Å²) in [4.78, 5) is 2.62. The van der Waals surface area contributed by atoms with E-state index in [0.29, 0.717) is 30.4 Å². The Labute approximate surface area is 216 Å². The van der Waals surface area contributed by atoms with Crippen LogP contribution in [0.4, 0.5) is 0 Å². The second kappa shape index (κ2) is 15.1. The van der Waals surface area contributed by atoms with E-state index in [2.05, 4.69) is 66.6 Å². The number of nitrogens with one attached hydrogen (secondary N) is 1. The Morgan fingerprint density at radius 2 is 1.86 bits per heavy atom. The van der Waals surface area contributed by atoms with E-state index < -0.39 is 0 Å². The lowest BCUT2D eigenvalue weighted by atomic mass is 9.74. The predicted molar refractivity (Wildman–Crippen MR) is 145 cm³/mol. The highest BCUT2D eigenvalue weighted by molar-refractivity contribution is 6.31. The van der Waals surface area contributed by atoms with Crippen molar-refractivity contribution in [2.24, 2.45) is 17.8 Å². The van der Waals surface area contributed by atoms with Gasteiger partial charge in [-0.2, -0.15) is 0 Å². The maximum atomic E-state index is 6.41. The quantitative estimate of drug-likeness (QED) is 0.571. The third-order valence-electron chi connectivity index (χ3n) is 7.30. The molecule has 1 aromatic carbocycles. The topological polar surface area (TPSA) is 128 Å². The van der Waals surface area contributed by atoms with Crippen LogP contribution in [0.1, 0.15) is 45.2 Å². The molecule has 2 aliphatic heterocycles. The summed E-state index contributed by atoms with van der Waals surface area (Å²) >= 11 is 6.22. The van der Waals surface area contributed by atoms with E-state index in [4.69, 9.17) is 21.1 Å². The Morgan fingerprint density at radius 3 is 2.51 bits per heavy atom. The minimum Gasteiger partial charge on any atom is -0.412 e. The minimum atomic E-state index is 0. The second-order valence-corrected chi connectivity index (χ2v) is 10.2. The number of halogens is 1. The molecule has 2 unspecified atom stereocenters. The Bertz CT molecular complexity index is 809. The fourth-order valence-corrected chi connectivity index (χ4v) is 5.64. The molecule has 1 aromatic rings. The summed E-state index contributed by atoms with van der Waals surface area (Å²) in [6.45, 7) is 10.3. The monoisotopic (exact) mass is 514 g/mol. The first-order valence-electron chi connectivity index (χ1n) is 11.7. The van der Waals surface area contributed by atoms with Gasteiger partial charge in [0.05, 0.1) is 18.8 Å². The molecule has 0 aromatic heterocycles. The highest BCUT2D eigenvalue weighted by Crippen LogP contribution is 2.47. The number of hydrogen-bond acceptors (Lipinski definition) is 4. The van der Waals surface area contributed by atoms with Gasteiger partial charge in [-0.15, -0.1) is 0 Å². The van der Waals surface area contributed by atoms with Gasteiger partial charge >= 0.3 is 0 Å². The maximum Gasteiger partial charge on any atom is 0.0776 e. The normalized spacial score (nSPS) is 23.3. The molecule has 3 atom stereocenters. The molecule has 0 saturated carbocycles. The molecule has 2 fully saturated rings. The number of methoxy groups -OCH3 is 1. The standard InChI is InChI=1S/C26H37ClN2O2.CH4.3H2O/c1-19(2)25(28-15-20-5-4-6-21(13-20)17-30-3)16-29-11-9-26(10-12-29)24-8-7-23(27)14-22(24)18-31-26;;;;/h4-8,13-14,19,22,24-25,28H,9-12,15-18H2,1-3H3;1H4;3*1H2/t22?,24?,25-;;;;/m0..../s1. The van der Waals surface area contributed by atoms with Crippen LogP contribution in [0.5, 0.6) is 0 Å². The van der Waals surface area contributed by atoms with E-state index in [0.717, 1.165) is 50.7 Å². The zero-order chi connectivity index (χ0) is 21.8. The maximum absolute atomic E-state index is 6.41. The lowest BCUT2D eigenvalue weighted by Crippen LogP contribution is -2.52. The van der Waals surface area contributed by atoms with Crippen LogP contribution in [0.2, 0.25) is 0 Å². The zero-order valence-electron chi connectivity index (χ0n) is 20.6. The van der Waals surface area contributed by atoms with Crippen molar-refractivity contribution in [3.05, 3.63) is 58.7 Å². The highest BCUT2D eigenvalue weighted by atomic mass is 35.5. The molecule has 0 bridgehead atoms. The molecule has 7 nitrogen and oxygen atoms in total. The van der Waals surface area contributed by atoms with Gasteiger partial charge in [0.2, 0.25) is 0 Å². The molecule has 4 rings (SSSR count). The van der Waals surface area contributed by atoms with Crippen molar-refractivity contribution in [3.8, 4) is 0 Å². The molecule has 1 aliphatic carbocycles. The summed E-state index contributed by atoms with van der Waals surface area (Å²) in [5.41, 5.74) is 2.56. The summed E-state index contributed by atoms with van der Waals surface area (Å²) < 4.78 is 11.7. The summed E-state index contributed by atoms with van der Waals surface area (Å²) in [6, 6.07) is 9.15. The van der Waals surface area contributed by atoms with Crippen LogP contribution in [0, 0.1) is 17.8 Å². The third-order valence-corrected chi connectivity index (χ3v) is 7.55. The van der Waals surface area contributed by atoms with Gasteiger partial charge in [0.15, 0.2) is 0 Å². The van der Waals surface area contributed by atoms with E-state index in [1.54, 1.807) is 7.11 Å². The first kappa shape index (κ1) is 33.7. The van der Waals surface area contributed by atoms with Gasteiger partial charge in [-0.05, 0) is 36.0 Å². The number of allylic oxidation sites excluding steroid dienone is 2. The number of nitrogens with zero attached hydrogens (tertiary/aromatic N) is 1. The number of ether oxygens (including phenoxy) is 2. The van der Waals surface area contributed by atoms with Crippen LogP contribution in [0.15, 0.2) is 47.5 Å². The molecule has 2 heterocycles. The van der Waals surface area contributed by atoms with Crippen LogP contribution >= 0.6 is 11.6 Å². The number of likely N-dealkylation sites (tertiary alicyclic amines) is 1. The molecular formula is C27H47ClN2O5. The van der Waals surface area contributed by atoms with E-state index in [1.807, 2.05) is 0 Å². The predicted octanol–water partition coefficient (Wildman–Crippen LogP) is 2.90. The van der Waals surface area contributed by atoms with Crippen LogP contribution in [0.25, 0.3) is 0 Å². The first-order chi connectivity index (χ1) is 15.0. The second-order valence-electron chi connectivity index (χ2n) is 9.76. The average molecular weight is 515 g/mol. The molecule has 0 radical (unpaired) electrons. The fraction of sp³-hybridized carbons (Fsp3) is 0.630. The van der Waals surface area contributed by atoms with Gasteiger partial charge in [0.1, 0.15) is 0 Å². The van der Waals surface area contributed by atoms with Crippen molar-refractivity contribution in [1.82, 2.24) is 10.2 Å². The van der Waals surface area contributed by atoms with Crippen molar-refractivity contribution in [3.63, 3.8) is 0 Å². The summed E-state index contributed by atoms with van der Waals surface area (Å²) in [6.07, 6.45) is 8.76. The number of hydrogen-bond donors (Lipinski definition) is 1. The van der Waals surface area contributed by atoms with Crippen molar-refractivity contribution < 1.29 is 25.9 Å². The summed E-state index contributed by atoms with van der Waals surface area (Å²) in [7, 11) is 1.75. The number of benzene rings is 1. The van der Waals surface area contributed by atoms with Crippen LogP contribution in [-0.4, -0.2) is 66.3 Å². The molecule has 1 spiro atoms. The largest absolute Gasteiger partial charge is 0.412 e. The van der Waals surface area contributed by atoms with Crippen LogP contribution in [-0.2, 0) is 22.6 Å². The Kier molecular flexibility index (Phi) is 14.5. The van der Waals surface area contributed by atoms with Crippen molar-refractivity contribution in [2.45, 2.75) is 58.9 Å². The van der Waals surface area contributed by atoms with Crippen molar-refractivity contribution >= 4 is 11.6 Å². The lowest BCUT2D eigenvalue weighted by molar-refractivity contribution is -0.0595. The van der Waals surface area contributed by atoms with Crippen molar-refractivity contribution in [2.75, 3.05) is 33.4 Å². The minimum absolute atomic E-state index is 0. The van der Waals surface area contributed by atoms with Crippen molar-refractivity contribution in [1.29, 1.82) is 0 Å². The molecule has 3 aliphatic rings.